The molecule has 0 saturated carbocycles. The fourth-order valence-corrected chi connectivity index (χ4v) is 1.88. The van der Waals surface area contributed by atoms with Crippen LogP contribution >= 0.6 is 11.6 Å². The molecule has 0 radical (unpaired) electrons. The van der Waals surface area contributed by atoms with Crippen LogP contribution in [-0.4, -0.2) is 23.7 Å². The summed E-state index contributed by atoms with van der Waals surface area (Å²) in [6, 6.07) is 5.04. The maximum Gasteiger partial charge on any atom is 0.260 e. The van der Waals surface area contributed by atoms with Gasteiger partial charge in [-0.15, -0.1) is 0 Å². The Morgan fingerprint density at radius 2 is 2.15 bits per heavy atom. The molecule has 0 aromatic heterocycles. The van der Waals surface area contributed by atoms with Crippen molar-refractivity contribution in [3.63, 3.8) is 0 Å². The van der Waals surface area contributed by atoms with Crippen LogP contribution in [0, 0.1) is 0 Å². The number of rotatable bonds is 7. The first-order valence-corrected chi connectivity index (χ1v) is 7.25. The molecule has 1 aromatic carbocycles. The number of ether oxygens (including phenoxy) is 1. The van der Waals surface area contributed by atoms with E-state index in [-0.39, 0.29) is 5.91 Å². The predicted octanol–water partition coefficient (Wildman–Crippen LogP) is 3.08. The monoisotopic (exact) mass is 299 g/mol. The number of hydrogen-bond acceptors (Lipinski definition) is 3. The Morgan fingerprint density at radius 1 is 1.45 bits per heavy atom. The number of nitrogens with one attached hydrogen (secondary N) is 1. The summed E-state index contributed by atoms with van der Waals surface area (Å²) < 4.78 is 5.55. The third kappa shape index (κ3) is 5.02. The lowest BCUT2D eigenvalue weighted by atomic mass is 10.1. The Morgan fingerprint density at radius 3 is 2.70 bits per heavy atom. The third-order valence-electron chi connectivity index (χ3n) is 2.94. The Labute approximate surface area is 125 Å². The molecule has 0 bridgehead atoms. The predicted molar refractivity (Wildman–Crippen MR) is 80.1 cm³/mol. The number of benzene rings is 1. The van der Waals surface area contributed by atoms with Gasteiger partial charge in [-0.2, -0.15) is 0 Å². The Kier molecular flexibility index (Phi) is 6.82. The summed E-state index contributed by atoms with van der Waals surface area (Å²) >= 11 is 6.08. The number of aliphatic hydroxyl groups excluding tert-OH is 1. The van der Waals surface area contributed by atoms with Crippen molar-refractivity contribution in [1.82, 2.24) is 5.32 Å². The first-order chi connectivity index (χ1) is 9.45. The van der Waals surface area contributed by atoms with Crippen LogP contribution in [0.25, 0.3) is 0 Å². The van der Waals surface area contributed by atoms with E-state index in [1.807, 2.05) is 0 Å². The van der Waals surface area contributed by atoms with E-state index in [0.717, 1.165) is 12.8 Å². The molecule has 0 spiro atoms. The van der Waals surface area contributed by atoms with Crippen molar-refractivity contribution in [3.8, 4) is 5.75 Å². The molecule has 0 aliphatic carbocycles. The van der Waals surface area contributed by atoms with Crippen LogP contribution in [0.4, 0.5) is 0 Å². The summed E-state index contributed by atoms with van der Waals surface area (Å²) in [6.07, 6.45) is 0.780. The molecular formula is C15H22ClNO3. The molecule has 2 atom stereocenters. The van der Waals surface area contributed by atoms with E-state index in [2.05, 4.69) is 12.2 Å². The topological polar surface area (TPSA) is 58.6 Å². The Hall–Kier alpha value is -1.26. The standard InChI is InChI=1S/C15H22ClNO3/c1-4-5-8-17-15(19)11(3)20-14-7-6-12(10(2)18)9-13(14)16/h6-7,9-11,18H,4-5,8H2,1-3H3,(H,17,19)/t10-,11?/m0/s1. The van der Waals surface area contributed by atoms with Gasteiger partial charge in [0.2, 0.25) is 0 Å². The van der Waals surface area contributed by atoms with Crippen molar-refractivity contribution in [2.75, 3.05) is 6.54 Å². The minimum absolute atomic E-state index is 0.158. The van der Waals surface area contributed by atoms with Crippen LogP contribution in [0.5, 0.6) is 5.75 Å². The van der Waals surface area contributed by atoms with Crippen LogP contribution in [0.1, 0.15) is 45.3 Å². The number of unbranched alkanes of at least 4 members (excludes halogenated alkanes) is 1. The van der Waals surface area contributed by atoms with Crippen LogP contribution in [0.3, 0.4) is 0 Å². The van der Waals surface area contributed by atoms with Crippen LogP contribution in [0.2, 0.25) is 5.02 Å². The molecule has 0 heterocycles. The smallest absolute Gasteiger partial charge is 0.260 e. The molecule has 0 fully saturated rings. The maximum absolute atomic E-state index is 11.8. The number of amides is 1. The number of halogens is 1. The SMILES string of the molecule is CCCCNC(=O)C(C)Oc1ccc([C@H](C)O)cc1Cl. The van der Waals surface area contributed by atoms with Crippen molar-refractivity contribution in [3.05, 3.63) is 28.8 Å². The van der Waals surface area contributed by atoms with Gasteiger partial charge in [-0.25, -0.2) is 0 Å². The van der Waals surface area contributed by atoms with Crippen LogP contribution in [0.15, 0.2) is 18.2 Å². The highest BCUT2D eigenvalue weighted by Crippen LogP contribution is 2.28. The molecule has 1 amide bonds. The first kappa shape index (κ1) is 16.8. The minimum Gasteiger partial charge on any atom is -0.479 e. The summed E-state index contributed by atoms with van der Waals surface area (Å²) in [7, 11) is 0. The van der Waals surface area contributed by atoms with E-state index in [4.69, 9.17) is 16.3 Å². The van der Waals surface area contributed by atoms with Gasteiger partial charge in [-0.05, 0) is 38.0 Å². The highest BCUT2D eigenvalue weighted by molar-refractivity contribution is 6.32. The van der Waals surface area contributed by atoms with Gasteiger partial charge in [0.1, 0.15) is 5.75 Å². The van der Waals surface area contributed by atoms with Gasteiger partial charge in [0.05, 0.1) is 11.1 Å². The second kappa shape index (κ2) is 8.12. The maximum atomic E-state index is 11.8. The van der Waals surface area contributed by atoms with Crippen molar-refractivity contribution in [1.29, 1.82) is 0 Å². The molecule has 20 heavy (non-hydrogen) atoms. The molecule has 0 aliphatic heterocycles. The van der Waals surface area contributed by atoms with Gasteiger partial charge < -0.3 is 15.2 Å². The lowest BCUT2D eigenvalue weighted by molar-refractivity contribution is -0.127. The van der Waals surface area contributed by atoms with Gasteiger partial charge in [0.25, 0.3) is 5.91 Å². The molecule has 2 N–H and O–H groups in total. The van der Waals surface area contributed by atoms with Gasteiger partial charge in [0.15, 0.2) is 6.10 Å². The van der Waals surface area contributed by atoms with E-state index >= 15 is 0 Å². The van der Waals surface area contributed by atoms with Crippen molar-refractivity contribution < 1.29 is 14.6 Å². The molecular weight excluding hydrogens is 278 g/mol. The molecule has 112 valence electrons. The molecule has 4 nitrogen and oxygen atoms in total. The van der Waals surface area contributed by atoms with E-state index < -0.39 is 12.2 Å². The van der Waals surface area contributed by atoms with E-state index in [1.54, 1.807) is 32.0 Å². The largest absolute Gasteiger partial charge is 0.479 e. The van der Waals surface area contributed by atoms with Gasteiger partial charge in [0, 0.05) is 6.54 Å². The van der Waals surface area contributed by atoms with Gasteiger partial charge >= 0.3 is 0 Å². The number of carbonyl (C=O) groups excluding carboxylic acids is 1. The summed E-state index contributed by atoms with van der Waals surface area (Å²) in [5.74, 6) is 0.281. The lowest BCUT2D eigenvalue weighted by Crippen LogP contribution is -2.36. The zero-order chi connectivity index (χ0) is 15.1. The van der Waals surface area contributed by atoms with Gasteiger partial charge in [-0.3, -0.25) is 4.79 Å². The quantitative estimate of drug-likeness (QED) is 0.761. The summed E-state index contributed by atoms with van der Waals surface area (Å²) in [6.45, 7) is 6.06. The highest BCUT2D eigenvalue weighted by Gasteiger charge is 2.16. The summed E-state index contributed by atoms with van der Waals surface area (Å²) in [5.41, 5.74) is 0.711. The average molecular weight is 300 g/mol. The minimum atomic E-state index is -0.609. The third-order valence-corrected chi connectivity index (χ3v) is 3.24. The van der Waals surface area contributed by atoms with E-state index in [9.17, 15) is 9.90 Å². The number of aliphatic hydroxyl groups is 1. The lowest BCUT2D eigenvalue weighted by Gasteiger charge is -2.16. The highest BCUT2D eigenvalue weighted by atomic mass is 35.5. The number of hydrogen-bond donors (Lipinski definition) is 2. The van der Waals surface area contributed by atoms with Crippen molar-refractivity contribution in [2.24, 2.45) is 0 Å². The molecule has 0 aliphatic rings. The van der Waals surface area contributed by atoms with E-state index in [1.165, 1.54) is 0 Å². The molecule has 0 saturated heterocycles. The molecule has 1 aromatic rings. The fourth-order valence-electron chi connectivity index (χ4n) is 1.65. The normalized spacial score (nSPS) is 13.7. The van der Waals surface area contributed by atoms with Gasteiger partial charge in [-0.1, -0.05) is 31.0 Å². The van der Waals surface area contributed by atoms with Crippen LogP contribution < -0.4 is 10.1 Å². The summed E-state index contributed by atoms with van der Waals surface area (Å²) in [5, 5.41) is 12.7. The molecule has 5 heteroatoms. The van der Waals surface area contributed by atoms with Crippen molar-refractivity contribution in [2.45, 2.75) is 45.8 Å². The van der Waals surface area contributed by atoms with E-state index in [0.29, 0.717) is 22.9 Å². The second-order valence-corrected chi connectivity index (χ2v) is 5.18. The molecule has 1 unspecified atom stereocenters. The first-order valence-electron chi connectivity index (χ1n) is 6.87. The fraction of sp³-hybridized carbons (Fsp3) is 0.533. The zero-order valence-corrected chi connectivity index (χ0v) is 12.9. The zero-order valence-electron chi connectivity index (χ0n) is 12.1. The second-order valence-electron chi connectivity index (χ2n) is 4.77. The Bertz CT molecular complexity index is 449. The van der Waals surface area contributed by atoms with Crippen LogP contribution in [-0.2, 0) is 4.79 Å². The Balaban J connectivity index is 2.61. The molecule has 1 rings (SSSR count). The average Bonchev–Trinajstić information content (AvgIpc) is 2.40. The summed E-state index contributed by atoms with van der Waals surface area (Å²) in [4.78, 5) is 11.8. The van der Waals surface area contributed by atoms with Crippen molar-refractivity contribution >= 4 is 17.5 Å². The number of carbonyl (C=O) groups is 1.